The topological polar surface area (TPSA) is 53.4 Å². The number of aromatic nitrogens is 1. The van der Waals surface area contributed by atoms with E-state index in [0.717, 1.165) is 12.3 Å². The Morgan fingerprint density at radius 3 is 2.64 bits per heavy atom. The number of rotatable bonds is 1. The third kappa shape index (κ3) is 1.98. The van der Waals surface area contributed by atoms with Crippen LogP contribution in [0.3, 0.4) is 0 Å². The second-order valence-electron chi connectivity index (χ2n) is 1.91. The first-order valence-corrected chi connectivity index (χ1v) is 3.57. The van der Waals surface area contributed by atoms with Gasteiger partial charge in [-0.25, -0.2) is 9.37 Å². The van der Waals surface area contributed by atoms with Crippen molar-refractivity contribution in [2.24, 2.45) is 0 Å². The van der Waals surface area contributed by atoms with E-state index in [1.54, 1.807) is 0 Å². The summed E-state index contributed by atoms with van der Waals surface area (Å²) in [6.45, 7) is 0. The van der Waals surface area contributed by atoms with Gasteiger partial charge in [0.2, 0.25) is 0 Å². The molecule has 0 radical (unpaired) electrons. The van der Waals surface area contributed by atoms with Crippen molar-refractivity contribution < 1.29 is 14.4 Å². The van der Waals surface area contributed by atoms with Crippen LogP contribution in [0.4, 0.5) is 4.39 Å². The van der Waals surface area contributed by atoms with Gasteiger partial charge in [0, 0.05) is 5.46 Å². The molecule has 0 bridgehead atoms. The van der Waals surface area contributed by atoms with E-state index >= 15 is 0 Å². The molecule has 3 nitrogen and oxygen atoms in total. The molecule has 0 saturated carbocycles. The Kier molecular flexibility index (Phi) is 2.59. The lowest BCUT2D eigenvalue weighted by molar-refractivity contribution is 0.425. The summed E-state index contributed by atoms with van der Waals surface area (Å²) >= 11 is 2.93. The summed E-state index contributed by atoms with van der Waals surface area (Å²) in [4.78, 5) is 3.52. The summed E-state index contributed by atoms with van der Waals surface area (Å²) in [6, 6.07) is 1.00. The predicted molar refractivity (Wildman–Crippen MR) is 41.7 cm³/mol. The molecule has 1 aromatic heterocycles. The highest BCUT2D eigenvalue weighted by Gasteiger charge is 2.16. The highest BCUT2D eigenvalue weighted by Crippen LogP contribution is 2.03. The fourth-order valence-electron chi connectivity index (χ4n) is 0.619. The van der Waals surface area contributed by atoms with Crippen molar-refractivity contribution in [2.45, 2.75) is 0 Å². The zero-order valence-electron chi connectivity index (χ0n) is 5.33. The van der Waals surface area contributed by atoms with Gasteiger partial charge in [0.15, 0.2) is 0 Å². The number of hydrogen-bond donors (Lipinski definition) is 2. The standard InChI is InChI=1S/C5H4BBrFNO2/c7-5-4(6(10)11)1-3(8)2-9-5/h1-2,10-11H. The van der Waals surface area contributed by atoms with Crippen LogP contribution in [0.25, 0.3) is 0 Å². The molecule has 11 heavy (non-hydrogen) atoms. The molecule has 1 aromatic rings. The van der Waals surface area contributed by atoms with E-state index in [0.29, 0.717) is 0 Å². The fourth-order valence-corrected chi connectivity index (χ4v) is 1.04. The SMILES string of the molecule is OB(O)c1cc(F)cnc1Br. The Bertz CT molecular complexity index is 271. The Balaban J connectivity index is 3.13. The first-order chi connectivity index (χ1) is 5.11. The van der Waals surface area contributed by atoms with Gasteiger partial charge >= 0.3 is 7.12 Å². The third-order valence-electron chi connectivity index (χ3n) is 1.11. The zero-order valence-corrected chi connectivity index (χ0v) is 6.92. The molecule has 0 aliphatic rings. The maximum Gasteiger partial charge on any atom is 0.491 e. The van der Waals surface area contributed by atoms with Gasteiger partial charge in [0.05, 0.1) is 6.20 Å². The van der Waals surface area contributed by atoms with Crippen molar-refractivity contribution in [2.75, 3.05) is 0 Å². The predicted octanol–water partition coefficient (Wildman–Crippen LogP) is -0.337. The minimum absolute atomic E-state index is 0.0185. The largest absolute Gasteiger partial charge is 0.491 e. The van der Waals surface area contributed by atoms with Crippen LogP contribution >= 0.6 is 15.9 Å². The van der Waals surface area contributed by atoms with Crippen LogP contribution in [0.15, 0.2) is 16.9 Å². The average molecular weight is 220 g/mol. The Labute approximate surface area is 71.2 Å². The average Bonchev–Trinajstić information content (AvgIpc) is 1.94. The van der Waals surface area contributed by atoms with E-state index < -0.39 is 12.9 Å². The van der Waals surface area contributed by atoms with Gasteiger partial charge in [0.25, 0.3) is 0 Å². The Hall–Kier alpha value is -0.455. The zero-order chi connectivity index (χ0) is 8.43. The Morgan fingerprint density at radius 1 is 1.55 bits per heavy atom. The van der Waals surface area contributed by atoms with Gasteiger partial charge in [-0.3, -0.25) is 0 Å². The van der Waals surface area contributed by atoms with E-state index in [1.807, 2.05) is 0 Å². The fraction of sp³-hybridized carbons (Fsp3) is 0. The molecule has 6 heteroatoms. The smallest absolute Gasteiger partial charge is 0.423 e. The molecule has 58 valence electrons. The lowest BCUT2D eigenvalue weighted by Gasteiger charge is -2.00. The van der Waals surface area contributed by atoms with Crippen LogP contribution in [0.1, 0.15) is 0 Å². The molecule has 0 spiro atoms. The number of hydrogen-bond acceptors (Lipinski definition) is 3. The Morgan fingerprint density at radius 2 is 2.18 bits per heavy atom. The molecule has 1 heterocycles. The molecule has 0 unspecified atom stereocenters. The van der Waals surface area contributed by atoms with Crippen molar-refractivity contribution in [1.29, 1.82) is 0 Å². The third-order valence-corrected chi connectivity index (χ3v) is 1.77. The van der Waals surface area contributed by atoms with E-state index in [2.05, 4.69) is 20.9 Å². The van der Waals surface area contributed by atoms with Gasteiger partial charge in [-0.05, 0) is 22.0 Å². The van der Waals surface area contributed by atoms with Crippen molar-refractivity contribution >= 4 is 28.5 Å². The van der Waals surface area contributed by atoms with Crippen molar-refractivity contribution in [1.82, 2.24) is 4.98 Å². The molecule has 0 aliphatic carbocycles. The minimum Gasteiger partial charge on any atom is -0.423 e. The molecular formula is C5H4BBrFNO2. The first kappa shape index (κ1) is 8.64. The van der Waals surface area contributed by atoms with E-state index in [-0.39, 0.29) is 10.1 Å². The normalized spacial score (nSPS) is 9.82. The number of nitrogens with zero attached hydrogens (tertiary/aromatic N) is 1. The highest BCUT2D eigenvalue weighted by molar-refractivity contribution is 9.10. The summed E-state index contributed by atoms with van der Waals surface area (Å²) in [5, 5.41) is 17.3. The summed E-state index contributed by atoms with van der Waals surface area (Å²) in [6.07, 6.45) is 0.982. The molecule has 2 N–H and O–H groups in total. The van der Waals surface area contributed by atoms with E-state index in [1.165, 1.54) is 0 Å². The lowest BCUT2D eigenvalue weighted by Crippen LogP contribution is -2.31. The van der Waals surface area contributed by atoms with E-state index in [9.17, 15) is 4.39 Å². The molecule has 0 amide bonds. The summed E-state index contributed by atoms with van der Waals surface area (Å²) < 4.78 is 12.6. The molecule has 0 aromatic carbocycles. The second-order valence-corrected chi connectivity index (χ2v) is 2.66. The van der Waals surface area contributed by atoms with Gasteiger partial charge in [-0.2, -0.15) is 0 Å². The summed E-state index contributed by atoms with van der Waals surface area (Å²) in [5.41, 5.74) is 0.0185. The van der Waals surface area contributed by atoms with Gasteiger partial charge in [-0.1, -0.05) is 0 Å². The highest BCUT2D eigenvalue weighted by atomic mass is 79.9. The van der Waals surface area contributed by atoms with Crippen LogP contribution in [0, 0.1) is 5.82 Å². The molecular weight excluding hydrogens is 216 g/mol. The molecule has 0 saturated heterocycles. The molecule has 1 rings (SSSR count). The minimum atomic E-state index is -1.70. The van der Waals surface area contributed by atoms with Crippen LogP contribution in [0.5, 0.6) is 0 Å². The maximum atomic E-state index is 12.4. The van der Waals surface area contributed by atoms with Crippen LogP contribution in [-0.4, -0.2) is 22.2 Å². The number of halogens is 2. The molecule has 0 fully saturated rings. The maximum absolute atomic E-state index is 12.4. The quantitative estimate of drug-likeness (QED) is 0.502. The van der Waals surface area contributed by atoms with Crippen molar-refractivity contribution in [3.05, 3.63) is 22.7 Å². The van der Waals surface area contributed by atoms with Crippen LogP contribution in [-0.2, 0) is 0 Å². The number of pyridine rings is 1. The van der Waals surface area contributed by atoms with Crippen LogP contribution in [0.2, 0.25) is 0 Å². The van der Waals surface area contributed by atoms with Crippen molar-refractivity contribution in [3.8, 4) is 0 Å². The van der Waals surface area contributed by atoms with Crippen LogP contribution < -0.4 is 5.46 Å². The van der Waals surface area contributed by atoms with Gasteiger partial charge in [0.1, 0.15) is 10.4 Å². The van der Waals surface area contributed by atoms with Gasteiger partial charge in [-0.15, -0.1) is 0 Å². The van der Waals surface area contributed by atoms with Gasteiger partial charge < -0.3 is 10.0 Å². The lowest BCUT2D eigenvalue weighted by atomic mass is 9.82. The first-order valence-electron chi connectivity index (χ1n) is 2.78. The second kappa shape index (κ2) is 3.29. The molecule has 0 atom stereocenters. The summed E-state index contributed by atoms with van der Waals surface area (Å²) in [5.74, 6) is -0.601. The van der Waals surface area contributed by atoms with Crippen molar-refractivity contribution in [3.63, 3.8) is 0 Å². The van der Waals surface area contributed by atoms with E-state index in [4.69, 9.17) is 10.0 Å². The summed E-state index contributed by atoms with van der Waals surface area (Å²) in [7, 11) is -1.70. The monoisotopic (exact) mass is 219 g/mol. The molecule has 0 aliphatic heterocycles.